The van der Waals surface area contributed by atoms with E-state index in [-0.39, 0.29) is 11.9 Å². The van der Waals surface area contributed by atoms with Gasteiger partial charge in [-0.05, 0) is 24.1 Å². The summed E-state index contributed by atoms with van der Waals surface area (Å²) < 4.78 is 0. The van der Waals surface area contributed by atoms with E-state index in [1.54, 1.807) is 24.3 Å². The van der Waals surface area contributed by atoms with E-state index in [4.69, 9.17) is 5.11 Å². The van der Waals surface area contributed by atoms with E-state index in [1.807, 2.05) is 0 Å². The fourth-order valence-electron chi connectivity index (χ4n) is 1.98. The molecule has 17 heavy (non-hydrogen) atoms. The zero-order valence-corrected chi connectivity index (χ0v) is 10.7. The number of benzene rings is 1. The van der Waals surface area contributed by atoms with Gasteiger partial charge in [-0.15, -0.1) is 0 Å². The molecule has 0 saturated carbocycles. The minimum atomic E-state index is -0.387. The van der Waals surface area contributed by atoms with Gasteiger partial charge in [0.05, 0.1) is 6.10 Å². The number of aromatic hydroxyl groups is 1. The lowest BCUT2D eigenvalue weighted by Gasteiger charge is -2.10. The highest BCUT2D eigenvalue weighted by Gasteiger charge is 2.06. The monoisotopic (exact) mass is 236 g/mol. The third-order valence-corrected chi connectivity index (χ3v) is 3.11. The molecule has 0 aromatic heterocycles. The van der Waals surface area contributed by atoms with E-state index >= 15 is 0 Å². The van der Waals surface area contributed by atoms with Gasteiger partial charge in [0.15, 0.2) is 0 Å². The van der Waals surface area contributed by atoms with Gasteiger partial charge in [0.25, 0.3) is 0 Å². The second-order valence-corrected chi connectivity index (χ2v) is 4.66. The molecule has 0 aliphatic heterocycles. The summed E-state index contributed by atoms with van der Waals surface area (Å²) in [6.07, 6.45) is 7.89. The molecule has 0 amide bonds. The Morgan fingerprint density at radius 3 is 2.18 bits per heavy atom. The van der Waals surface area contributed by atoms with Gasteiger partial charge in [0.2, 0.25) is 0 Å². The molecule has 0 saturated heterocycles. The van der Waals surface area contributed by atoms with Crippen molar-refractivity contribution in [1.82, 2.24) is 0 Å². The Labute approximate surface area is 104 Å². The van der Waals surface area contributed by atoms with Crippen molar-refractivity contribution in [2.45, 2.75) is 58.0 Å². The molecule has 0 bridgehead atoms. The predicted molar refractivity (Wildman–Crippen MR) is 71.1 cm³/mol. The van der Waals surface area contributed by atoms with Crippen LogP contribution in [0.15, 0.2) is 24.3 Å². The van der Waals surface area contributed by atoms with Crippen LogP contribution in [0, 0.1) is 0 Å². The number of phenols is 1. The average Bonchev–Trinajstić information content (AvgIpc) is 2.34. The molecule has 0 aliphatic carbocycles. The third-order valence-electron chi connectivity index (χ3n) is 3.11. The van der Waals surface area contributed by atoms with Crippen molar-refractivity contribution in [3.63, 3.8) is 0 Å². The van der Waals surface area contributed by atoms with Gasteiger partial charge in [-0.1, -0.05) is 57.6 Å². The minimum Gasteiger partial charge on any atom is -0.508 e. The Hall–Kier alpha value is -1.02. The van der Waals surface area contributed by atoms with Gasteiger partial charge in [0.1, 0.15) is 5.75 Å². The third kappa shape index (κ3) is 5.73. The van der Waals surface area contributed by atoms with Crippen LogP contribution < -0.4 is 0 Å². The summed E-state index contributed by atoms with van der Waals surface area (Å²) in [4.78, 5) is 0. The lowest BCUT2D eigenvalue weighted by Crippen LogP contribution is -1.96. The number of aliphatic hydroxyl groups excluding tert-OH is 1. The predicted octanol–water partition coefficient (Wildman–Crippen LogP) is 4.18. The standard InChI is InChI=1S/C15H24O2/c1-2-3-4-5-6-7-8-15(17)13-9-11-14(16)12-10-13/h9-12,15-17H,2-8H2,1H3. The highest BCUT2D eigenvalue weighted by Crippen LogP contribution is 2.22. The van der Waals surface area contributed by atoms with Gasteiger partial charge in [0, 0.05) is 0 Å². The normalized spacial score (nSPS) is 12.6. The lowest BCUT2D eigenvalue weighted by atomic mass is 10.0. The Morgan fingerprint density at radius 2 is 1.53 bits per heavy atom. The van der Waals surface area contributed by atoms with Gasteiger partial charge < -0.3 is 10.2 Å². The van der Waals surface area contributed by atoms with Crippen LogP contribution in [-0.2, 0) is 0 Å². The molecule has 2 nitrogen and oxygen atoms in total. The summed E-state index contributed by atoms with van der Waals surface area (Å²) in [7, 11) is 0. The van der Waals surface area contributed by atoms with E-state index < -0.39 is 0 Å². The summed E-state index contributed by atoms with van der Waals surface area (Å²) in [5.41, 5.74) is 0.899. The van der Waals surface area contributed by atoms with Crippen LogP contribution >= 0.6 is 0 Å². The van der Waals surface area contributed by atoms with Crippen LogP contribution in [0.2, 0.25) is 0 Å². The molecule has 0 spiro atoms. The number of aliphatic hydroxyl groups is 1. The first kappa shape index (κ1) is 14.0. The van der Waals surface area contributed by atoms with E-state index in [1.165, 1.54) is 32.1 Å². The zero-order chi connectivity index (χ0) is 12.5. The summed E-state index contributed by atoms with van der Waals surface area (Å²) >= 11 is 0. The van der Waals surface area contributed by atoms with E-state index in [9.17, 15) is 5.11 Å². The van der Waals surface area contributed by atoms with Crippen molar-refractivity contribution in [1.29, 1.82) is 0 Å². The first-order chi connectivity index (χ1) is 8.24. The van der Waals surface area contributed by atoms with Crippen LogP contribution in [0.25, 0.3) is 0 Å². The molecule has 0 aliphatic rings. The van der Waals surface area contributed by atoms with E-state index in [0.29, 0.717) is 0 Å². The smallest absolute Gasteiger partial charge is 0.115 e. The van der Waals surface area contributed by atoms with Gasteiger partial charge in [-0.2, -0.15) is 0 Å². The molecule has 96 valence electrons. The number of phenolic OH excluding ortho intramolecular Hbond substituents is 1. The quantitative estimate of drug-likeness (QED) is 0.665. The molecule has 2 N–H and O–H groups in total. The minimum absolute atomic E-state index is 0.250. The first-order valence-electron chi connectivity index (χ1n) is 6.71. The van der Waals surface area contributed by atoms with Crippen molar-refractivity contribution in [3.8, 4) is 5.75 Å². The van der Waals surface area contributed by atoms with E-state index in [0.717, 1.165) is 18.4 Å². The first-order valence-corrected chi connectivity index (χ1v) is 6.71. The summed E-state index contributed by atoms with van der Waals surface area (Å²) in [6, 6.07) is 6.83. The molecule has 1 aromatic rings. The van der Waals surface area contributed by atoms with E-state index in [2.05, 4.69) is 6.92 Å². The Morgan fingerprint density at radius 1 is 0.941 bits per heavy atom. The molecule has 1 rings (SSSR count). The summed E-state index contributed by atoms with van der Waals surface area (Å²) in [6.45, 7) is 2.22. The molecule has 1 atom stereocenters. The Balaban J connectivity index is 2.16. The van der Waals surface area contributed by atoms with Gasteiger partial charge >= 0.3 is 0 Å². The molecular formula is C15H24O2. The van der Waals surface area contributed by atoms with Crippen molar-refractivity contribution in [3.05, 3.63) is 29.8 Å². The van der Waals surface area contributed by atoms with Crippen molar-refractivity contribution < 1.29 is 10.2 Å². The fraction of sp³-hybridized carbons (Fsp3) is 0.600. The maximum absolute atomic E-state index is 9.93. The molecular weight excluding hydrogens is 212 g/mol. The second kappa shape index (κ2) is 8.13. The van der Waals surface area contributed by atoms with Crippen LogP contribution in [0.1, 0.15) is 63.5 Å². The highest BCUT2D eigenvalue weighted by atomic mass is 16.3. The van der Waals surface area contributed by atoms with Gasteiger partial charge in [-0.25, -0.2) is 0 Å². The maximum atomic E-state index is 9.93. The Bertz CT molecular complexity index is 292. The molecule has 0 radical (unpaired) electrons. The average molecular weight is 236 g/mol. The largest absolute Gasteiger partial charge is 0.508 e. The zero-order valence-electron chi connectivity index (χ0n) is 10.7. The molecule has 0 heterocycles. The maximum Gasteiger partial charge on any atom is 0.115 e. The number of unbranched alkanes of at least 4 members (excludes halogenated alkanes) is 5. The molecule has 1 unspecified atom stereocenters. The fourth-order valence-corrected chi connectivity index (χ4v) is 1.98. The van der Waals surface area contributed by atoms with Gasteiger partial charge in [-0.3, -0.25) is 0 Å². The Kier molecular flexibility index (Phi) is 6.71. The van der Waals surface area contributed by atoms with Crippen molar-refractivity contribution in [2.24, 2.45) is 0 Å². The van der Waals surface area contributed by atoms with Crippen LogP contribution in [0.5, 0.6) is 5.75 Å². The van der Waals surface area contributed by atoms with Crippen LogP contribution in [0.3, 0.4) is 0 Å². The molecule has 1 aromatic carbocycles. The number of hydrogen-bond acceptors (Lipinski definition) is 2. The summed E-state index contributed by atoms with van der Waals surface area (Å²) in [5.74, 6) is 0.250. The highest BCUT2D eigenvalue weighted by molar-refractivity contribution is 5.27. The SMILES string of the molecule is CCCCCCCCC(O)c1ccc(O)cc1. The van der Waals surface area contributed by atoms with Crippen LogP contribution in [-0.4, -0.2) is 10.2 Å². The van der Waals surface area contributed by atoms with Crippen LogP contribution in [0.4, 0.5) is 0 Å². The lowest BCUT2D eigenvalue weighted by molar-refractivity contribution is 0.163. The topological polar surface area (TPSA) is 40.5 Å². The second-order valence-electron chi connectivity index (χ2n) is 4.66. The molecule has 2 heteroatoms. The number of rotatable bonds is 8. The number of hydrogen-bond donors (Lipinski definition) is 2. The molecule has 0 fully saturated rings. The van der Waals surface area contributed by atoms with Crippen molar-refractivity contribution in [2.75, 3.05) is 0 Å². The summed E-state index contributed by atoms with van der Waals surface area (Å²) in [5, 5.41) is 19.1. The van der Waals surface area contributed by atoms with Crippen molar-refractivity contribution >= 4 is 0 Å².